The van der Waals surface area contributed by atoms with E-state index in [9.17, 15) is 9.90 Å². The molecule has 0 bridgehead atoms. The van der Waals surface area contributed by atoms with Crippen LogP contribution in [0.4, 0.5) is 5.69 Å². The van der Waals surface area contributed by atoms with Crippen LogP contribution in [0.15, 0.2) is 35.2 Å². The number of aromatic hydroxyl groups is 1. The molecule has 1 aliphatic heterocycles. The smallest absolute Gasteiger partial charge is 0.270 e. The van der Waals surface area contributed by atoms with E-state index >= 15 is 0 Å². The predicted octanol–water partition coefficient (Wildman–Crippen LogP) is 5.08. The van der Waals surface area contributed by atoms with E-state index in [1.54, 1.807) is 18.2 Å². The Bertz CT molecular complexity index is 956. The van der Waals surface area contributed by atoms with Crippen LogP contribution in [0.25, 0.3) is 6.08 Å². The summed E-state index contributed by atoms with van der Waals surface area (Å²) in [5.74, 6) is -0.0752. The standard InChI is InChI=1S/C19H16ClNO3S2/c1-10-4-5-13(6-11(10)2)21-18(23)16(26-19(21)25)9-12-7-14(20)17(22)15(8-12)24-3/h4-9,22H,1-3H3. The lowest BCUT2D eigenvalue weighted by Gasteiger charge is -2.16. The fourth-order valence-corrected chi connectivity index (χ4v) is 4.06. The third-order valence-corrected chi connectivity index (χ3v) is 5.70. The molecule has 3 rings (SSSR count). The molecule has 1 heterocycles. The van der Waals surface area contributed by atoms with Gasteiger partial charge in [0, 0.05) is 0 Å². The molecule has 2 aromatic rings. The van der Waals surface area contributed by atoms with Gasteiger partial charge in [-0.3, -0.25) is 9.69 Å². The van der Waals surface area contributed by atoms with E-state index in [-0.39, 0.29) is 22.4 Å². The summed E-state index contributed by atoms with van der Waals surface area (Å²) in [7, 11) is 1.44. The van der Waals surface area contributed by atoms with Crippen LogP contribution in [0, 0.1) is 13.8 Å². The predicted molar refractivity (Wildman–Crippen MR) is 111 cm³/mol. The number of phenols is 1. The molecule has 1 aliphatic rings. The normalized spacial score (nSPS) is 15.8. The van der Waals surface area contributed by atoms with Crippen LogP contribution in [-0.2, 0) is 4.79 Å². The van der Waals surface area contributed by atoms with Gasteiger partial charge in [0.2, 0.25) is 0 Å². The van der Waals surface area contributed by atoms with Crippen molar-refractivity contribution in [2.75, 3.05) is 12.0 Å². The van der Waals surface area contributed by atoms with Crippen molar-refractivity contribution in [3.63, 3.8) is 0 Å². The first-order valence-corrected chi connectivity index (χ1v) is 9.34. The summed E-state index contributed by atoms with van der Waals surface area (Å²) < 4.78 is 5.58. The van der Waals surface area contributed by atoms with Gasteiger partial charge in [0.1, 0.15) is 0 Å². The van der Waals surface area contributed by atoms with E-state index in [4.69, 9.17) is 28.6 Å². The molecular formula is C19H16ClNO3S2. The number of hydrogen-bond donors (Lipinski definition) is 1. The highest BCUT2D eigenvalue weighted by atomic mass is 35.5. The second-order valence-electron chi connectivity index (χ2n) is 5.84. The van der Waals surface area contributed by atoms with E-state index < -0.39 is 0 Å². The number of nitrogens with zero attached hydrogens (tertiary/aromatic N) is 1. The van der Waals surface area contributed by atoms with Gasteiger partial charge in [0.25, 0.3) is 5.91 Å². The van der Waals surface area contributed by atoms with Gasteiger partial charge in [-0.2, -0.15) is 0 Å². The Kier molecular flexibility index (Phi) is 5.27. The van der Waals surface area contributed by atoms with Crippen LogP contribution in [0.2, 0.25) is 5.02 Å². The molecule has 0 aliphatic carbocycles. The number of anilines is 1. The number of aryl methyl sites for hydroxylation is 2. The number of methoxy groups -OCH3 is 1. The number of rotatable bonds is 3. The summed E-state index contributed by atoms with van der Waals surface area (Å²) in [5.41, 5.74) is 3.64. The Morgan fingerprint density at radius 3 is 2.62 bits per heavy atom. The largest absolute Gasteiger partial charge is 0.503 e. The number of phenolic OH excluding ortho intramolecular Hbond substituents is 1. The molecule has 0 unspecified atom stereocenters. The van der Waals surface area contributed by atoms with Crippen LogP contribution in [0.1, 0.15) is 16.7 Å². The molecule has 4 nitrogen and oxygen atoms in total. The minimum absolute atomic E-state index is 0.131. The minimum atomic E-state index is -0.189. The van der Waals surface area contributed by atoms with E-state index in [0.29, 0.717) is 14.8 Å². The maximum atomic E-state index is 12.9. The maximum Gasteiger partial charge on any atom is 0.270 e. The molecule has 7 heteroatoms. The molecule has 1 N–H and O–H groups in total. The van der Waals surface area contributed by atoms with Crippen molar-refractivity contribution in [3.8, 4) is 11.5 Å². The van der Waals surface area contributed by atoms with Gasteiger partial charge in [-0.25, -0.2) is 0 Å². The Morgan fingerprint density at radius 1 is 1.23 bits per heavy atom. The van der Waals surface area contributed by atoms with Crippen LogP contribution >= 0.6 is 35.6 Å². The Labute approximate surface area is 166 Å². The summed E-state index contributed by atoms with van der Waals surface area (Å²) in [4.78, 5) is 14.9. The number of ether oxygens (including phenoxy) is 1. The molecule has 0 radical (unpaired) electrons. The van der Waals surface area contributed by atoms with Crippen molar-refractivity contribution in [1.82, 2.24) is 0 Å². The lowest BCUT2D eigenvalue weighted by Crippen LogP contribution is -2.27. The summed E-state index contributed by atoms with van der Waals surface area (Å²) >= 11 is 12.6. The first kappa shape index (κ1) is 18.8. The zero-order chi connectivity index (χ0) is 19.0. The fourth-order valence-electron chi connectivity index (χ4n) is 2.54. The van der Waals surface area contributed by atoms with Crippen LogP contribution in [0.3, 0.4) is 0 Å². The zero-order valence-electron chi connectivity index (χ0n) is 14.4. The summed E-state index contributed by atoms with van der Waals surface area (Å²) in [5, 5.41) is 9.99. The highest BCUT2D eigenvalue weighted by molar-refractivity contribution is 8.27. The second kappa shape index (κ2) is 7.31. The molecule has 1 fully saturated rings. The number of halogens is 1. The number of benzene rings is 2. The number of thioether (sulfide) groups is 1. The van der Waals surface area contributed by atoms with E-state index in [0.717, 1.165) is 16.8 Å². The number of carbonyl (C=O) groups excluding carboxylic acids is 1. The van der Waals surface area contributed by atoms with Crippen LogP contribution in [0.5, 0.6) is 11.5 Å². The van der Waals surface area contributed by atoms with E-state index in [2.05, 4.69) is 0 Å². The van der Waals surface area contributed by atoms with E-state index in [1.165, 1.54) is 23.8 Å². The molecular weight excluding hydrogens is 390 g/mol. The molecule has 0 saturated carbocycles. The number of hydrogen-bond acceptors (Lipinski definition) is 5. The highest BCUT2D eigenvalue weighted by Crippen LogP contribution is 2.39. The zero-order valence-corrected chi connectivity index (χ0v) is 16.8. The molecule has 1 amide bonds. The number of amides is 1. The maximum absolute atomic E-state index is 12.9. The van der Waals surface area contributed by atoms with Gasteiger partial charge in [-0.15, -0.1) is 0 Å². The quantitative estimate of drug-likeness (QED) is 0.570. The van der Waals surface area contributed by atoms with E-state index in [1.807, 2.05) is 32.0 Å². The van der Waals surface area contributed by atoms with Crippen molar-refractivity contribution < 1.29 is 14.6 Å². The molecule has 0 spiro atoms. The SMILES string of the molecule is COc1cc(C=C2SC(=S)N(c3ccc(C)c(C)c3)C2=O)cc(Cl)c1O. The average Bonchev–Trinajstić information content (AvgIpc) is 2.87. The summed E-state index contributed by atoms with van der Waals surface area (Å²) in [6.45, 7) is 4.02. The van der Waals surface area contributed by atoms with Gasteiger partial charge < -0.3 is 9.84 Å². The van der Waals surface area contributed by atoms with Crippen LogP contribution in [-0.4, -0.2) is 22.4 Å². The van der Waals surface area contributed by atoms with Crippen molar-refractivity contribution in [2.45, 2.75) is 13.8 Å². The lowest BCUT2D eigenvalue weighted by atomic mass is 10.1. The van der Waals surface area contributed by atoms with Crippen LogP contribution < -0.4 is 9.64 Å². The van der Waals surface area contributed by atoms with Gasteiger partial charge in [0.15, 0.2) is 15.8 Å². The second-order valence-corrected chi connectivity index (χ2v) is 7.92. The molecule has 0 aromatic heterocycles. The number of carbonyl (C=O) groups is 1. The van der Waals surface area contributed by atoms with Gasteiger partial charge in [0.05, 0.1) is 22.7 Å². The summed E-state index contributed by atoms with van der Waals surface area (Å²) in [6, 6.07) is 8.99. The third kappa shape index (κ3) is 3.45. The first-order chi connectivity index (χ1) is 12.3. The Hall–Kier alpha value is -2.02. The topological polar surface area (TPSA) is 49.8 Å². The fraction of sp³-hybridized carbons (Fsp3) is 0.158. The first-order valence-electron chi connectivity index (χ1n) is 7.73. The average molecular weight is 406 g/mol. The van der Waals surface area contributed by atoms with Gasteiger partial charge >= 0.3 is 0 Å². The van der Waals surface area contributed by atoms with Crippen molar-refractivity contribution in [2.24, 2.45) is 0 Å². The number of thiocarbonyl (C=S) groups is 1. The summed E-state index contributed by atoms with van der Waals surface area (Å²) in [6.07, 6.45) is 1.69. The van der Waals surface area contributed by atoms with Crippen molar-refractivity contribution in [1.29, 1.82) is 0 Å². The highest BCUT2D eigenvalue weighted by Gasteiger charge is 2.33. The lowest BCUT2D eigenvalue weighted by molar-refractivity contribution is -0.113. The molecule has 0 atom stereocenters. The monoisotopic (exact) mass is 405 g/mol. The molecule has 26 heavy (non-hydrogen) atoms. The molecule has 2 aromatic carbocycles. The third-order valence-electron chi connectivity index (χ3n) is 4.11. The van der Waals surface area contributed by atoms with Crippen molar-refractivity contribution >= 4 is 57.6 Å². The Morgan fingerprint density at radius 2 is 1.96 bits per heavy atom. The van der Waals surface area contributed by atoms with Gasteiger partial charge in [-0.05, 0) is 60.9 Å². The van der Waals surface area contributed by atoms with Gasteiger partial charge in [-0.1, -0.05) is 41.6 Å². The molecule has 1 saturated heterocycles. The minimum Gasteiger partial charge on any atom is -0.503 e. The van der Waals surface area contributed by atoms with Crippen molar-refractivity contribution in [3.05, 3.63) is 56.9 Å². The Balaban J connectivity index is 1.97. The molecule has 134 valence electrons.